The average Bonchev–Trinajstić information content (AvgIpc) is 2.69. The molecule has 0 radical (unpaired) electrons. The Morgan fingerprint density at radius 3 is 2.82 bits per heavy atom. The van der Waals surface area contributed by atoms with Gasteiger partial charge in [0.1, 0.15) is 0 Å². The Morgan fingerprint density at radius 1 is 1.21 bits per heavy atom. The number of hydrogen-bond donors (Lipinski definition) is 1. The molecule has 0 spiro atoms. The van der Waals surface area contributed by atoms with Gasteiger partial charge in [-0.3, -0.25) is 9.59 Å². The average molecular weight is 407 g/mol. The lowest BCUT2D eigenvalue weighted by Gasteiger charge is -2.42. The molecule has 2 heterocycles. The standard InChI is InChI=1S/C22H31ClN2O3/c23-19-7-3-6-18(14-19)15-22(17-26)10-5-13-25(16-22)21(28)9-4-12-24-11-2-1-8-20(24)27/h3,6-7,14,26H,1-2,4-5,8-13,15-17H2/t22-/m1/s1. The summed E-state index contributed by atoms with van der Waals surface area (Å²) in [6.45, 7) is 2.89. The van der Waals surface area contributed by atoms with Crippen LogP contribution in [0.1, 0.15) is 50.5 Å². The van der Waals surface area contributed by atoms with Gasteiger partial charge in [-0.15, -0.1) is 0 Å². The van der Waals surface area contributed by atoms with Gasteiger partial charge in [-0.25, -0.2) is 0 Å². The van der Waals surface area contributed by atoms with Gasteiger partial charge in [0.15, 0.2) is 0 Å². The van der Waals surface area contributed by atoms with Crippen LogP contribution in [-0.2, 0) is 16.0 Å². The van der Waals surface area contributed by atoms with Crippen LogP contribution < -0.4 is 0 Å². The Labute approximate surface area is 172 Å². The van der Waals surface area contributed by atoms with Crippen molar-refractivity contribution < 1.29 is 14.7 Å². The predicted octanol–water partition coefficient (Wildman–Crippen LogP) is 3.28. The van der Waals surface area contributed by atoms with Crippen LogP contribution in [0.4, 0.5) is 0 Å². The highest BCUT2D eigenvalue weighted by Gasteiger charge is 2.36. The number of nitrogens with zero attached hydrogens (tertiary/aromatic N) is 2. The van der Waals surface area contributed by atoms with Gasteiger partial charge in [-0.1, -0.05) is 23.7 Å². The molecular formula is C22H31ClN2O3. The summed E-state index contributed by atoms with van der Waals surface area (Å²) in [4.78, 5) is 28.4. The second kappa shape index (κ2) is 9.75. The first-order valence-corrected chi connectivity index (χ1v) is 10.8. The van der Waals surface area contributed by atoms with Crippen LogP contribution in [0.3, 0.4) is 0 Å². The quantitative estimate of drug-likeness (QED) is 0.755. The highest BCUT2D eigenvalue weighted by Crippen LogP contribution is 2.34. The van der Waals surface area contributed by atoms with E-state index in [9.17, 15) is 14.7 Å². The minimum absolute atomic E-state index is 0.0611. The molecule has 28 heavy (non-hydrogen) atoms. The molecule has 2 aliphatic rings. The van der Waals surface area contributed by atoms with Gasteiger partial charge in [-0.2, -0.15) is 0 Å². The normalized spacial score (nSPS) is 23.1. The van der Waals surface area contributed by atoms with E-state index < -0.39 is 0 Å². The number of amides is 2. The Hall–Kier alpha value is -1.59. The zero-order valence-electron chi connectivity index (χ0n) is 16.5. The van der Waals surface area contributed by atoms with E-state index in [4.69, 9.17) is 11.6 Å². The van der Waals surface area contributed by atoms with Gasteiger partial charge in [0.25, 0.3) is 0 Å². The van der Waals surface area contributed by atoms with Gasteiger partial charge in [-0.05, 0) is 56.2 Å². The number of aliphatic hydroxyl groups is 1. The van der Waals surface area contributed by atoms with Crippen molar-refractivity contribution in [3.63, 3.8) is 0 Å². The van der Waals surface area contributed by atoms with Gasteiger partial charge >= 0.3 is 0 Å². The molecule has 1 N–H and O–H groups in total. The highest BCUT2D eigenvalue weighted by atomic mass is 35.5. The topological polar surface area (TPSA) is 60.9 Å². The monoisotopic (exact) mass is 406 g/mol. The summed E-state index contributed by atoms with van der Waals surface area (Å²) in [5.74, 6) is 0.352. The van der Waals surface area contributed by atoms with E-state index >= 15 is 0 Å². The molecule has 2 fully saturated rings. The second-order valence-corrected chi connectivity index (χ2v) is 8.76. The molecule has 2 amide bonds. The largest absolute Gasteiger partial charge is 0.396 e. The number of halogens is 1. The third-order valence-corrected chi connectivity index (χ3v) is 6.29. The number of piperidine rings is 2. The van der Waals surface area contributed by atoms with E-state index in [1.165, 1.54) is 0 Å². The van der Waals surface area contributed by atoms with Crippen LogP contribution >= 0.6 is 11.6 Å². The highest BCUT2D eigenvalue weighted by molar-refractivity contribution is 6.30. The molecule has 1 atom stereocenters. The number of likely N-dealkylation sites (tertiary alicyclic amines) is 2. The van der Waals surface area contributed by atoms with E-state index in [0.29, 0.717) is 37.4 Å². The fourth-order valence-electron chi connectivity index (χ4n) is 4.51. The molecule has 1 aromatic carbocycles. The zero-order chi connectivity index (χ0) is 20.0. The van der Waals surface area contributed by atoms with Crippen LogP contribution in [0, 0.1) is 5.41 Å². The van der Waals surface area contributed by atoms with Crippen LogP contribution in [0.15, 0.2) is 24.3 Å². The summed E-state index contributed by atoms with van der Waals surface area (Å²) < 4.78 is 0. The molecular weight excluding hydrogens is 376 g/mol. The lowest BCUT2D eigenvalue weighted by Crippen LogP contribution is -2.49. The summed E-state index contributed by atoms with van der Waals surface area (Å²) in [5.41, 5.74) is 0.793. The first kappa shape index (κ1) is 21.1. The van der Waals surface area contributed by atoms with E-state index in [1.54, 1.807) is 0 Å². The minimum Gasteiger partial charge on any atom is -0.396 e. The van der Waals surface area contributed by atoms with Crippen LogP contribution in [-0.4, -0.2) is 59.5 Å². The number of rotatable bonds is 7. The lowest BCUT2D eigenvalue weighted by atomic mass is 9.75. The Balaban J connectivity index is 1.53. The van der Waals surface area contributed by atoms with Crippen molar-refractivity contribution >= 4 is 23.4 Å². The molecule has 1 aromatic rings. The van der Waals surface area contributed by atoms with Gasteiger partial charge in [0.2, 0.25) is 11.8 Å². The summed E-state index contributed by atoms with van der Waals surface area (Å²) in [7, 11) is 0. The third kappa shape index (κ3) is 5.48. The summed E-state index contributed by atoms with van der Waals surface area (Å²) >= 11 is 6.11. The number of carbonyl (C=O) groups is 2. The van der Waals surface area contributed by atoms with Crippen molar-refractivity contribution in [1.29, 1.82) is 0 Å². The predicted molar refractivity (Wildman–Crippen MR) is 110 cm³/mol. The maximum absolute atomic E-state index is 12.8. The maximum atomic E-state index is 12.8. The van der Waals surface area contributed by atoms with Crippen molar-refractivity contribution in [2.75, 3.05) is 32.8 Å². The number of carbonyl (C=O) groups excluding carboxylic acids is 2. The van der Waals surface area contributed by atoms with Crippen molar-refractivity contribution in [2.45, 2.75) is 51.4 Å². The Kier molecular flexibility index (Phi) is 7.36. The molecule has 3 rings (SSSR count). The fraction of sp³-hybridized carbons (Fsp3) is 0.636. The van der Waals surface area contributed by atoms with Gasteiger partial charge in [0.05, 0.1) is 6.61 Å². The number of aliphatic hydroxyl groups excluding tert-OH is 1. The molecule has 0 bridgehead atoms. The molecule has 0 unspecified atom stereocenters. The van der Waals surface area contributed by atoms with Crippen molar-refractivity contribution in [1.82, 2.24) is 9.80 Å². The van der Waals surface area contributed by atoms with Crippen molar-refractivity contribution in [3.8, 4) is 0 Å². The molecule has 2 aliphatic heterocycles. The molecule has 6 heteroatoms. The molecule has 154 valence electrons. The minimum atomic E-state index is -0.304. The van der Waals surface area contributed by atoms with E-state index in [-0.39, 0.29) is 23.8 Å². The molecule has 2 saturated heterocycles. The SMILES string of the molecule is O=C1CCCCN1CCCC(=O)N1CCC[C@@](CO)(Cc2cccc(Cl)c2)C1. The fourth-order valence-corrected chi connectivity index (χ4v) is 4.72. The molecule has 5 nitrogen and oxygen atoms in total. The van der Waals surface area contributed by atoms with Crippen LogP contribution in [0.2, 0.25) is 5.02 Å². The van der Waals surface area contributed by atoms with Gasteiger partial charge < -0.3 is 14.9 Å². The Bertz CT molecular complexity index is 696. The smallest absolute Gasteiger partial charge is 0.222 e. The second-order valence-electron chi connectivity index (χ2n) is 8.33. The van der Waals surface area contributed by atoms with E-state index in [0.717, 1.165) is 50.8 Å². The van der Waals surface area contributed by atoms with Gasteiger partial charge in [0, 0.05) is 49.5 Å². The molecule has 0 saturated carbocycles. The van der Waals surface area contributed by atoms with Crippen molar-refractivity contribution in [2.24, 2.45) is 5.41 Å². The third-order valence-electron chi connectivity index (χ3n) is 6.06. The first-order valence-electron chi connectivity index (χ1n) is 10.4. The Morgan fingerprint density at radius 2 is 2.07 bits per heavy atom. The molecule has 0 aliphatic carbocycles. The summed E-state index contributed by atoms with van der Waals surface area (Å²) in [6, 6.07) is 7.74. The maximum Gasteiger partial charge on any atom is 0.222 e. The van der Waals surface area contributed by atoms with Crippen molar-refractivity contribution in [3.05, 3.63) is 34.9 Å². The lowest BCUT2D eigenvalue weighted by molar-refractivity contribution is -0.137. The van der Waals surface area contributed by atoms with Crippen LogP contribution in [0.5, 0.6) is 0 Å². The van der Waals surface area contributed by atoms with Crippen LogP contribution in [0.25, 0.3) is 0 Å². The zero-order valence-corrected chi connectivity index (χ0v) is 17.3. The summed E-state index contributed by atoms with van der Waals surface area (Å²) in [6.07, 6.45) is 6.38. The summed E-state index contributed by atoms with van der Waals surface area (Å²) in [5, 5.41) is 10.8. The van der Waals surface area contributed by atoms with E-state index in [1.807, 2.05) is 34.1 Å². The van der Waals surface area contributed by atoms with E-state index in [2.05, 4.69) is 0 Å². The number of benzene rings is 1. The molecule has 0 aromatic heterocycles. The first-order chi connectivity index (χ1) is 13.5. The number of hydrogen-bond acceptors (Lipinski definition) is 3.